The van der Waals surface area contributed by atoms with E-state index in [2.05, 4.69) is 15.6 Å². The van der Waals surface area contributed by atoms with Gasteiger partial charge in [0.2, 0.25) is 17.8 Å². The number of hydrogen-bond acceptors (Lipinski definition) is 3. The van der Waals surface area contributed by atoms with E-state index < -0.39 is 11.9 Å². The van der Waals surface area contributed by atoms with Gasteiger partial charge >= 0.3 is 0 Å². The van der Waals surface area contributed by atoms with Gasteiger partial charge in [0.1, 0.15) is 5.82 Å². The molecule has 6 heteroatoms. The summed E-state index contributed by atoms with van der Waals surface area (Å²) in [6.45, 7) is 1.14. The van der Waals surface area contributed by atoms with Crippen LogP contribution in [0.5, 0.6) is 0 Å². The van der Waals surface area contributed by atoms with E-state index >= 15 is 0 Å². The van der Waals surface area contributed by atoms with Crippen molar-refractivity contribution in [2.24, 2.45) is 0 Å². The number of carbonyl (C=O) groups is 2. The van der Waals surface area contributed by atoms with E-state index in [0.717, 1.165) is 0 Å². The average Bonchev–Trinajstić information content (AvgIpc) is 2.15. The van der Waals surface area contributed by atoms with Gasteiger partial charge in [0.15, 0.2) is 0 Å². The predicted molar refractivity (Wildman–Crippen MR) is 51.5 cm³/mol. The summed E-state index contributed by atoms with van der Waals surface area (Å²) in [6, 6.07) is 4.05. The Morgan fingerprint density at radius 2 is 2.20 bits per heavy atom. The summed E-state index contributed by atoms with van der Waals surface area (Å²) in [5.41, 5.74) is 0. The van der Waals surface area contributed by atoms with E-state index in [0.29, 0.717) is 0 Å². The molecule has 0 aliphatic carbocycles. The number of pyridine rings is 1. The third-order valence-electron chi connectivity index (χ3n) is 1.48. The minimum Gasteiger partial charge on any atom is -0.347 e. The molecule has 0 saturated carbocycles. The van der Waals surface area contributed by atoms with Gasteiger partial charge in [0.05, 0.1) is 6.54 Å². The molecule has 0 radical (unpaired) electrons. The highest BCUT2D eigenvalue weighted by atomic mass is 19.1. The fourth-order valence-electron chi connectivity index (χ4n) is 0.870. The second-order valence-corrected chi connectivity index (χ2v) is 2.80. The van der Waals surface area contributed by atoms with Gasteiger partial charge in [-0.3, -0.25) is 9.59 Å². The van der Waals surface area contributed by atoms with Crippen LogP contribution in [0.25, 0.3) is 0 Å². The number of amides is 2. The summed E-state index contributed by atoms with van der Waals surface area (Å²) in [5.74, 6) is -1.32. The highest BCUT2D eigenvalue weighted by Crippen LogP contribution is 2.02. The summed E-state index contributed by atoms with van der Waals surface area (Å²) in [7, 11) is 0. The standard InChI is InChI=1S/C9H10FN3O2/c1-6(14)11-5-9(15)13-8-4-2-3-7(10)12-8/h2-4H,5H2,1H3,(H,11,14)(H,12,13,15). The van der Waals surface area contributed by atoms with Crippen LogP contribution < -0.4 is 10.6 Å². The van der Waals surface area contributed by atoms with Crippen LogP contribution in [-0.4, -0.2) is 23.3 Å². The van der Waals surface area contributed by atoms with Gasteiger partial charge in [-0.05, 0) is 12.1 Å². The van der Waals surface area contributed by atoms with Crippen molar-refractivity contribution >= 4 is 17.6 Å². The van der Waals surface area contributed by atoms with Crippen LogP contribution in [0, 0.1) is 5.95 Å². The lowest BCUT2D eigenvalue weighted by Gasteiger charge is -2.04. The Morgan fingerprint density at radius 3 is 2.80 bits per heavy atom. The molecule has 1 aromatic heterocycles. The molecule has 2 amide bonds. The van der Waals surface area contributed by atoms with Gasteiger partial charge in [-0.1, -0.05) is 6.07 Å². The van der Waals surface area contributed by atoms with Crippen LogP contribution in [0.15, 0.2) is 18.2 Å². The third kappa shape index (κ3) is 4.17. The molecule has 5 nitrogen and oxygen atoms in total. The van der Waals surface area contributed by atoms with Crippen molar-refractivity contribution in [3.05, 3.63) is 24.1 Å². The normalized spacial score (nSPS) is 9.47. The molecule has 1 aromatic rings. The lowest BCUT2D eigenvalue weighted by molar-refractivity contribution is -0.122. The molecule has 0 atom stereocenters. The van der Waals surface area contributed by atoms with Crippen molar-refractivity contribution in [2.75, 3.05) is 11.9 Å². The van der Waals surface area contributed by atoms with Gasteiger partial charge in [0, 0.05) is 6.92 Å². The van der Waals surface area contributed by atoms with Gasteiger partial charge in [0.25, 0.3) is 0 Å². The molecule has 0 saturated heterocycles. The molecule has 1 heterocycles. The molecule has 1 rings (SSSR count). The van der Waals surface area contributed by atoms with Crippen molar-refractivity contribution in [3.8, 4) is 0 Å². The molecule has 0 aromatic carbocycles. The van der Waals surface area contributed by atoms with Gasteiger partial charge in [-0.25, -0.2) is 4.98 Å². The van der Waals surface area contributed by atoms with Gasteiger partial charge < -0.3 is 10.6 Å². The number of nitrogens with zero attached hydrogens (tertiary/aromatic N) is 1. The largest absolute Gasteiger partial charge is 0.347 e. The number of anilines is 1. The van der Waals surface area contributed by atoms with Crippen molar-refractivity contribution in [2.45, 2.75) is 6.92 Å². The van der Waals surface area contributed by atoms with E-state index in [-0.39, 0.29) is 18.3 Å². The van der Waals surface area contributed by atoms with E-state index in [1.807, 2.05) is 0 Å². The second kappa shape index (κ2) is 5.04. The fourth-order valence-corrected chi connectivity index (χ4v) is 0.870. The van der Waals surface area contributed by atoms with Gasteiger partial charge in [-0.2, -0.15) is 4.39 Å². The Labute approximate surface area is 85.7 Å². The maximum Gasteiger partial charge on any atom is 0.244 e. The zero-order valence-corrected chi connectivity index (χ0v) is 8.08. The fraction of sp³-hybridized carbons (Fsp3) is 0.222. The molecule has 2 N–H and O–H groups in total. The Bertz CT molecular complexity index is 381. The second-order valence-electron chi connectivity index (χ2n) is 2.80. The number of rotatable bonds is 3. The quantitative estimate of drug-likeness (QED) is 0.706. The van der Waals surface area contributed by atoms with Crippen molar-refractivity contribution in [1.29, 1.82) is 0 Å². The minimum atomic E-state index is -0.674. The van der Waals surface area contributed by atoms with Crippen molar-refractivity contribution in [1.82, 2.24) is 10.3 Å². The Morgan fingerprint density at radius 1 is 1.47 bits per heavy atom. The predicted octanol–water partition coefficient (Wildman–Crippen LogP) is 0.295. The first-order valence-corrected chi connectivity index (χ1v) is 4.25. The van der Waals surface area contributed by atoms with Gasteiger partial charge in [-0.15, -0.1) is 0 Å². The molecule has 0 bridgehead atoms. The first-order valence-electron chi connectivity index (χ1n) is 4.25. The Balaban J connectivity index is 2.48. The number of hydrogen-bond donors (Lipinski definition) is 2. The van der Waals surface area contributed by atoms with Crippen LogP contribution in [0.3, 0.4) is 0 Å². The Hall–Kier alpha value is -1.98. The van der Waals surface area contributed by atoms with Crippen LogP contribution >= 0.6 is 0 Å². The molecular formula is C9H10FN3O2. The van der Waals surface area contributed by atoms with E-state index in [4.69, 9.17) is 0 Å². The first kappa shape index (κ1) is 11.1. The number of carbonyl (C=O) groups excluding carboxylic acids is 2. The molecule has 0 spiro atoms. The zero-order valence-electron chi connectivity index (χ0n) is 8.08. The van der Waals surface area contributed by atoms with Crippen molar-refractivity contribution in [3.63, 3.8) is 0 Å². The molecule has 0 unspecified atom stereocenters. The first-order chi connectivity index (χ1) is 7.08. The van der Waals surface area contributed by atoms with Crippen LogP contribution in [-0.2, 0) is 9.59 Å². The molecule has 0 aliphatic rings. The SMILES string of the molecule is CC(=O)NCC(=O)Nc1cccc(F)n1. The highest BCUT2D eigenvalue weighted by Gasteiger charge is 2.04. The summed E-state index contributed by atoms with van der Waals surface area (Å²) < 4.78 is 12.6. The van der Waals surface area contributed by atoms with Crippen LogP contribution in [0.2, 0.25) is 0 Å². The summed E-state index contributed by atoms with van der Waals surface area (Å²) in [6.07, 6.45) is 0. The molecule has 80 valence electrons. The van der Waals surface area contributed by atoms with E-state index in [9.17, 15) is 14.0 Å². The minimum absolute atomic E-state index is 0.116. The summed E-state index contributed by atoms with van der Waals surface area (Å²) in [4.78, 5) is 25.1. The number of aromatic nitrogens is 1. The topological polar surface area (TPSA) is 71.1 Å². The molecular weight excluding hydrogens is 201 g/mol. The third-order valence-corrected chi connectivity index (χ3v) is 1.48. The Kier molecular flexibility index (Phi) is 3.73. The van der Waals surface area contributed by atoms with E-state index in [1.165, 1.54) is 25.1 Å². The average molecular weight is 211 g/mol. The molecule has 0 aliphatic heterocycles. The maximum atomic E-state index is 12.6. The summed E-state index contributed by atoms with van der Waals surface area (Å²) in [5, 5.41) is 4.64. The monoisotopic (exact) mass is 211 g/mol. The van der Waals surface area contributed by atoms with E-state index in [1.54, 1.807) is 0 Å². The number of nitrogens with one attached hydrogen (secondary N) is 2. The lowest BCUT2D eigenvalue weighted by Crippen LogP contribution is -2.31. The van der Waals surface area contributed by atoms with Crippen LogP contribution in [0.1, 0.15) is 6.92 Å². The smallest absolute Gasteiger partial charge is 0.244 e. The summed E-state index contributed by atoms with van der Waals surface area (Å²) >= 11 is 0. The number of halogens is 1. The molecule has 15 heavy (non-hydrogen) atoms. The highest BCUT2D eigenvalue weighted by molar-refractivity contribution is 5.93. The lowest BCUT2D eigenvalue weighted by atomic mass is 10.4. The molecule has 0 fully saturated rings. The zero-order chi connectivity index (χ0) is 11.3. The van der Waals surface area contributed by atoms with Crippen molar-refractivity contribution < 1.29 is 14.0 Å². The maximum absolute atomic E-state index is 12.6. The van der Waals surface area contributed by atoms with Crippen LogP contribution in [0.4, 0.5) is 10.2 Å².